The Morgan fingerprint density at radius 2 is 1.82 bits per heavy atom. The van der Waals surface area contributed by atoms with Crippen LogP contribution in [0.15, 0.2) is 34.0 Å². The van der Waals surface area contributed by atoms with Crippen LogP contribution >= 0.6 is 23.2 Å². The molecule has 0 spiro atoms. The van der Waals surface area contributed by atoms with Gasteiger partial charge in [0.1, 0.15) is 0 Å². The van der Waals surface area contributed by atoms with Crippen molar-refractivity contribution in [2.24, 2.45) is 7.05 Å². The van der Waals surface area contributed by atoms with Gasteiger partial charge in [-0.2, -0.15) is 4.98 Å². The number of aryl methyl sites for hydroxylation is 2. The fourth-order valence-corrected chi connectivity index (χ4v) is 3.93. The van der Waals surface area contributed by atoms with Crippen molar-refractivity contribution in [1.82, 2.24) is 23.1 Å². The first-order valence-corrected chi connectivity index (χ1v) is 9.32. The maximum atomic E-state index is 13.2. The van der Waals surface area contributed by atoms with E-state index in [2.05, 4.69) is 4.98 Å². The molecule has 1 aromatic carbocycles. The average Bonchev–Trinajstić information content (AvgIpc) is 3.15. The van der Waals surface area contributed by atoms with Gasteiger partial charge in [-0.3, -0.25) is 18.3 Å². The zero-order valence-corrected chi connectivity index (χ0v) is 16.7. The van der Waals surface area contributed by atoms with E-state index in [1.807, 2.05) is 6.92 Å². The Labute approximate surface area is 168 Å². The summed E-state index contributed by atoms with van der Waals surface area (Å²) in [5.41, 5.74) is 0.896. The van der Waals surface area contributed by atoms with Crippen molar-refractivity contribution < 1.29 is 5.11 Å². The maximum Gasteiger partial charge on any atom is 0.332 e. The van der Waals surface area contributed by atoms with Crippen LogP contribution in [0.1, 0.15) is 11.3 Å². The molecule has 3 aromatic heterocycles. The molecule has 0 fully saturated rings. The lowest BCUT2D eigenvalue weighted by Crippen LogP contribution is -2.39. The van der Waals surface area contributed by atoms with Gasteiger partial charge in [-0.05, 0) is 19.1 Å². The van der Waals surface area contributed by atoms with Gasteiger partial charge in [0.05, 0.1) is 13.2 Å². The zero-order chi connectivity index (χ0) is 20.2. The largest absolute Gasteiger partial charge is 0.395 e. The Kier molecular flexibility index (Phi) is 4.57. The molecule has 3 heterocycles. The Bertz CT molecular complexity index is 1330. The summed E-state index contributed by atoms with van der Waals surface area (Å²) >= 11 is 12.4. The number of aromatic nitrogens is 5. The van der Waals surface area contributed by atoms with Crippen LogP contribution in [-0.4, -0.2) is 34.8 Å². The lowest BCUT2D eigenvalue weighted by atomic mass is 10.2. The van der Waals surface area contributed by atoms with E-state index in [0.717, 1.165) is 10.3 Å². The predicted molar refractivity (Wildman–Crippen MR) is 108 cm³/mol. The van der Waals surface area contributed by atoms with Crippen LogP contribution < -0.4 is 11.2 Å². The van der Waals surface area contributed by atoms with Crippen molar-refractivity contribution in [3.63, 3.8) is 0 Å². The van der Waals surface area contributed by atoms with E-state index in [9.17, 15) is 14.7 Å². The van der Waals surface area contributed by atoms with Crippen LogP contribution in [-0.2, 0) is 20.1 Å². The number of hydrogen-bond donors (Lipinski definition) is 1. The molecule has 0 saturated heterocycles. The minimum absolute atomic E-state index is 0.0521. The SMILES string of the molecule is Cc1cn2c3c(=O)n(Cc4c(Cl)cccc4Cl)c(=O)n(C)c3nc2n1CCO. The summed E-state index contributed by atoms with van der Waals surface area (Å²) in [6, 6.07) is 5.02. The molecule has 4 aromatic rings. The first kappa shape index (κ1) is 18.8. The molecule has 1 N–H and O–H groups in total. The molecule has 0 aliphatic carbocycles. The van der Waals surface area contributed by atoms with Crippen molar-refractivity contribution in [1.29, 1.82) is 0 Å². The Morgan fingerprint density at radius 3 is 2.46 bits per heavy atom. The molecule has 8 nitrogen and oxygen atoms in total. The number of rotatable bonds is 4. The number of fused-ring (bicyclic) bond motifs is 3. The molecule has 4 rings (SSSR count). The second-order valence-corrected chi connectivity index (χ2v) is 7.35. The van der Waals surface area contributed by atoms with Gasteiger partial charge in [-0.15, -0.1) is 0 Å². The normalized spacial score (nSPS) is 11.8. The van der Waals surface area contributed by atoms with Crippen LogP contribution in [0, 0.1) is 6.92 Å². The minimum Gasteiger partial charge on any atom is -0.395 e. The smallest absolute Gasteiger partial charge is 0.332 e. The number of halogens is 2. The fourth-order valence-electron chi connectivity index (χ4n) is 3.41. The molecule has 146 valence electrons. The third-order valence-corrected chi connectivity index (χ3v) is 5.55. The van der Waals surface area contributed by atoms with Gasteiger partial charge < -0.3 is 9.67 Å². The minimum atomic E-state index is -0.514. The molecule has 0 atom stereocenters. The van der Waals surface area contributed by atoms with Crippen molar-refractivity contribution in [3.05, 3.63) is 66.5 Å². The lowest BCUT2D eigenvalue weighted by molar-refractivity contribution is 0.276. The van der Waals surface area contributed by atoms with Crippen molar-refractivity contribution in [2.45, 2.75) is 20.0 Å². The maximum absolute atomic E-state index is 13.2. The number of aliphatic hydroxyl groups is 1. The van der Waals surface area contributed by atoms with Crippen molar-refractivity contribution >= 4 is 40.1 Å². The molecule has 0 amide bonds. The molecule has 0 aliphatic heterocycles. The van der Waals surface area contributed by atoms with Crippen molar-refractivity contribution in [2.75, 3.05) is 6.61 Å². The van der Waals surface area contributed by atoms with Crippen molar-refractivity contribution in [3.8, 4) is 0 Å². The Balaban J connectivity index is 2.03. The van der Waals surface area contributed by atoms with Gasteiger partial charge in [-0.1, -0.05) is 29.3 Å². The number of imidazole rings is 2. The van der Waals surface area contributed by atoms with E-state index in [1.165, 1.54) is 4.57 Å². The first-order valence-electron chi connectivity index (χ1n) is 8.56. The lowest BCUT2D eigenvalue weighted by Gasteiger charge is -2.10. The highest BCUT2D eigenvalue weighted by molar-refractivity contribution is 6.35. The molecule has 0 saturated carbocycles. The molecule has 0 aliphatic rings. The quantitative estimate of drug-likeness (QED) is 0.544. The molecule has 0 radical (unpaired) electrons. The van der Waals surface area contributed by atoms with Crippen LogP contribution in [0.3, 0.4) is 0 Å². The van der Waals surface area contributed by atoms with E-state index >= 15 is 0 Å². The summed E-state index contributed by atoms with van der Waals surface area (Å²) in [4.78, 5) is 30.5. The monoisotopic (exact) mass is 421 g/mol. The van der Waals surface area contributed by atoms with E-state index in [1.54, 1.807) is 40.4 Å². The summed E-state index contributed by atoms with van der Waals surface area (Å²) in [7, 11) is 1.56. The Morgan fingerprint density at radius 1 is 1.14 bits per heavy atom. The van der Waals surface area contributed by atoms with Crippen LogP contribution in [0.2, 0.25) is 10.0 Å². The molecular formula is C18H17Cl2N5O3. The zero-order valence-electron chi connectivity index (χ0n) is 15.2. The molecule has 28 heavy (non-hydrogen) atoms. The van der Waals surface area contributed by atoms with Gasteiger partial charge in [-0.25, -0.2) is 4.79 Å². The summed E-state index contributed by atoms with van der Waals surface area (Å²) in [6.07, 6.45) is 1.76. The number of aliphatic hydroxyl groups excluding tert-OH is 1. The van der Waals surface area contributed by atoms with Gasteiger partial charge in [0.15, 0.2) is 11.2 Å². The van der Waals surface area contributed by atoms with Crippen LogP contribution in [0.25, 0.3) is 16.9 Å². The fraction of sp³-hybridized carbons (Fsp3) is 0.278. The number of benzene rings is 1. The molecule has 0 bridgehead atoms. The highest BCUT2D eigenvalue weighted by Crippen LogP contribution is 2.24. The van der Waals surface area contributed by atoms with Gasteiger partial charge in [0.2, 0.25) is 5.78 Å². The predicted octanol–water partition coefficient (Wildman–Crippen LogP) is 1.81. The van der Waals surface area contributed by atoms with Gasteiger partial charge in [0, 0.05) is 41.1 Å². The average molecular weight is 422 g/mol. The van der Waals surface area contributed by atoms with E-state index in [4.69, 9.17) is 23.2 Å². The number of hydrogen-bond acceptors (Lipinski definition) is 4. The van der Waals surface area contributed by atoms with Crippen LogP contribution in [0.4, 0.5) is 0 Å². The molecular weight excluding hydrogens is 405 g/mol. The van der Waals surface area contributed by atoms with Gasteiger partial charge in [0.25, 0.3) is 5.56 Å². The second kappa shape index (κ2) is 6.80. The summed E-state index contributed by atoms with van der Waals surface area (Å²) < 4.78 is 5.86. The summed E-state index contributed by atoms with van der Waals surface area (Å²) in [5.74, 6) is 0.488. The number of nitrogens with zero attached hydrogens (tertiary/aromatic N) is 5. The molecule has 0 unspecified atom stereocenters. The van der Waals surface area contributed by atoms with Crippen LogP contribution in [0.5, 0.6) is 0 Å². The second-order valence-electron chi connectivity index (χ2n) is 6.53. The van der Waals surface area contributed by atoms with E-state index < -0.39 is 11.2 Å². The third kappa shape index (κ3) is 2.68. The highest BCUT2D eigenvalue weighted by atomic mass is 35.5. The summed E-state index contributed by atoms with van der Waals surface area (Å²) in [6.45, 7) is 2.08. The van der Waals surface area contributed by atoms with E-state index in [-0.39, 0.29) is 24.3 Å². The topological polar surface area (TPSA) is 86.5 Å². The standard InChI is InChI=1S/C18H17Cl2N5O3/c1-10-8-24-14-15(21-17(24)23(10)6-7-26)22(2)18(28)25(16(14)27)9-11-12(19)4-3-5-13(11)20/h3-5,8,26H,6-7,9H2,1-2H3. The highest BCUT2D eigenvalue weighted by Gasteiger charge is 2.21. The molecule has 10 heteroatoms. The van der Waals surface area contributed by atoms with E-state index in [0.29, 0.717) is 27.9 Å². The third-order valence-electron chi connectivity index (χ3n) is 4.84. The summed E-state index contributed by atoms with van der Waals surface area (Å²) in [5, 5.41) is 10.1. The Hall–Kier alpha value is -2.55. The first-order chi connectivity index (χ1) is 13.3. The van der Waals surface area contributed by atoms with Gasteiger partial charge >= 0.3 is 5.69 Å².